The van der Waals surface area contributed by atoms with Crippen molar-refractivity contribution in [3.8, 4) is 6.07 Å². The molecule has 1 fully saturated rings. The quantitative estimate of drug-likeness (QED) is 0.606. The summed E-state index contributed by atoms with van der Waals surface area (Å²) in [5.74, 6) is -0.459. The zero-order valence-electron chi connectivity index (χ0n) is 15.7. The van der Waals surface area contributed by atoms with E-state index >= 15 is 0 Å². The molecule has 3 rings (SSSR count). The normalized spacial score (nSPS) is 14.5. The topological polar surface area (TPSA) is 65.4 Å². The van der Waals surface area contributed by atoms with Crippen molar-refractivity contribution in [2.45, 2.75) is 13.3 Å². The molecule has 0 aliphatic carbocycles. The van der Waals surface area contributed by atoms with E-state index in [1.807, 2.05) is 36.4 Å². The van der Waals surface area contributed by atoms with Gasteiger partial charge in [-0.05, 0) is 41.8 Å². The highest BCUT2D eigenvalue weighted by Crippen LogP contribution is 2.30. The third-order valence-corrected chi connectivity index (χ3v) is 4.86. The van der Waals surface area contributed by atoms with E-state index in [4.69, 9.17) is 16.3 Å². The van der Waals surface area contributed by atoms with E-state index in [-0.39, 0.29) is 5.57 Å². The van der Waals surface area contributed by atoms with E-state index in [9.17, 15) is 10.1 Å². The van der Waals surface area contributed by atoms with Gasteiger partial charge in [0.15, 0.2) is 0 Å². The zero-order chi connectivity index (χ0) is 19.9. The number of rotatable bonds is 5. The lowest BCUT2D eigenvalue weighted by molar-refractivity contribution is -0.112. The Labute approximate surface area is 170 Å². The van der Waals surface area contributed by atoms with Gasteiger partial charge in [-0.1, -0.05) is 42.8 Å². The van der Waals surface area contributed by atoms with Crippen LogP contribution < -0.4 is 10.2 Å². The van der Waals surface area contributed by atoms with Gasteiger partial charge in [0.2, 0.25) is 0 Å². The summed E-state index contributed by atoms with van der Waals surface area (Å²) < 4.78 is 5.40. The van der Waals surface area contributed by atoms with Crippen LogP contribution in [0.15, 0.2) is 48.0 Å². The van der Waals surface area contributed by atoms with Gasteiger partial charge in [-0.3, -0.25) is 4.79 Å². The van der Waals surface area contributed by atoms with Crippen LogP contribution in [0.3, 0.4) is 0 Å². The molecule has 1 aliphatic rings. The van der Waals surface area contributed by atoms with E-state index in [2.05, 4.69) is 17.1 Å². The largest absolute Gasteiger partial charge is 0.378 e. The highest BCUT2D eigenvalue weighted by Gasteiger charge is 2.18. The van der Waals surface area contributed by atoms with E-state index in [0.717, 1.165) is 30.8 Å². The van der Waals surface area contributed by atoms with Gasteiger partial charge >= 0.3 is 0 Å². The first-order chi connectivity index (χ1) is 13.6. The van der Waals surface area contributed by atoms with Gasteiger partial charge in [-0.15, -0.1) is 0 Å². The van der Waals surface area contributed by atoms with Crippen molar-refractivity contribution >= 4 is 35.0 Å². The minimum absolute atomic E-state index is 0.0390. The molecule has 6 heteroatoms. The highest BCUT2D eigenvalue weighted by atomic mass is 35.5. The molecule has 0 spiro atoms. The molecule has 1 heterocycles. The molecule has 144 valence electrons. The third-order valence-electron chi connectivity index (χ3n) is 4.62. The molecule has 1 amide bonds. The number of carbonyl (C=O) groups is 1. The van der Waals surface area contributed by atoms with Gasteiger partial charge < -0.3 is 15.0 Å². The number of aryl methyl sites for hydroxylation is 1. The first-order valence-corrected chi connectivity index (χ1v) is 9.63. The molecule has 2 aromatic rings. The maximum absolute atomic E-state index is 12.7. The SMILES string of the molecule is CCc1ccc(/C=C(\C#N)C(=O)Nc2cc(Cl)ccc2N2CCOCC2)cc1. The van der Waals surface area contributed by atoms with Crippen LogP contribution in [0, 0.1) is 11.3 Å². The van der Waals surface area contributed by atoms with Crippen molar-refractivity contribution in [2.24, 2.45) is 0 Å². The van der Waals surface area contributed by atoms with Crippen LogP contribution in [-0.2, 0) is 16.0 Å². The van der Waals surface area contributed by atoms with E-state index in [1.165, 1.54) is 5.56 Å². The fraction of sp³-hybridized carbons (Fsp3) is 0.273. The molecular weight excluding hydrogens is 374 g/mol. The standard InChI is InChI=1S/C22H22ClN3O2/c1-2-16-3-5-17(6-4-16)13-18(15-24)22(27)25-20-14-19(23)7-8-21(20)26-9-11-28-12-10-26/h3-8,13-14H,2,9-12H2,1H3,(H,25,27)/b18-13+. The number of halogens is 1. The van der Waals surface area contributed by atoms with Crippen molar-refractivity contribution in [3.05, 3.63) is 64.2 Å². The second-order valence-corrected chi connectivity index (χ2v) is 6.92. The number of amides is 1. The fourth-order valence-electron chi connectivity index (χ4n) is 3.04. The van der Waals surface area contributed by atoms with Crippen molar-refractivity contribution in [1.29, 1.82) is 5.26 Å². The van der Waals surface area contributed by atoms with Crippen molar-refractivity contribution in [1.82, 2.24) is 0 Å². The number of hydrogen-bond acceptors (Lipinski definition) is 4. The van der Waals surface area contributed by atoms with Crippen LogP contribution in [0.4, 0.5) is 11.4 Å². The summed E-state index contributed by atoms with van der Waals surface area (Å²) >= 11 is 6.14. The summed E-state index contributed by atoms with van der Waals surface area (Å²) in [5, 5.41) is 12.8. The molecule has 0 radical (unpaired) electrons. The number of nitrogens with one attached hydrogen (secondary N) is 1. The lowest BCUT2D eigenvalue weighted by Gasteiger charge is -2.30. The third kappa shape index (κ3) is 4.92. The van der Waals surface area contributed by atoms with Gasteiger partial charge in [0.1, 0.15) is 11.6 Å². The second kappa shape index (κ2) is 9.41. The number of nitrogens with zero attached hydrogens (tertiary/aromatic N) is 2. The number of morpholine rings is 1. The fourth-order valence-corrected chi connectivity index (χ4v) is 3.21. The van der Waals surface area contributed by atoms with Crippen LogP contribution in [0.5, 0.6) is 0 Å². The molecule has 0 saturated carbocycles. The second-order valence-electron chi connectivity index (χ2n) is 6.48. The monoisotopic (exact) mass is 395 g/mol. The summed E-state index contributed by atoms with van der Waals surface area (Å²) in [6.07, 6.45) is 2.53. The lowest BCUT2D eigenvalue weighted by Crippen LogP contribution is -2.36. The Balaban J connectivity index is 1.83. The predicted octanol–water partition coefficient (Wildman–Crippen LogP) is 4.28. The molecule has 1 N–H and O–H groups in total. The summed E-state index contributed by atoms with van der Waals surface area (Å²) in [4.78, 5) is 14.9. The number of nitriles is 1. The highest BCUT2D eigenvalue weighted by molar-refractivity contribution is 6.31. The first-order valence-electron chi connectivity index (χ1n) is 9.25. The van der Waals surface area contributed by atoms with Gasteiger partial charge in [-0.25, -0.2) is 0 Å². The van der Waals surface area contributed by atoms with Crippen molar-refractivity contribution < 1.29 is 9.53 Å². The number of anilines is 2. The molecule has 0 aromatic heterocycles. The summed E-state index contributed by atoms with van der Waals surface area (Å²) in [6.45, 7) is 4.81. The smallest absolute Gasteiger partial charge is 0.266 e. The van der Waals surface area contributed by atoms with Crippen LogP contribution in [0.2, 0.25) is 5.02 Å². The molecule has 0 unspecified atom stereocenters. The van der Waals surface area contributed by atoms with Crippen LogP contribution in [0.25, 0.3) is 6.08 Å². The van der Waals surface area contributed by atoms with Crippen molar-refractivity contribution in [3.63, 3.8) is 0 Å². The van der Waals surface area contributed by atoms with Crippen LogP contribution in [0.1, 0.15) is 18.1 Å². The number of carbonyl (C=O) groups excluding carboxylic acids is 1. The Kier molecular flexibility index (Phi) is 6.70. The zero-order valence-corrected chi connectivity index (χ0v) is 16.5. The summed E-state index contributed by atoms with van der Waals surface area (Å²) in [5.41, 5.74) is 3.50. The number of benzene rings is 2. The molecule has 1 saturated heterocycles. The molecule has 0 atom stereocenters. The maximum atomic E-state index is 12.7. The summed E-state index contributed by atoms with van der Waals surface area (Å²) in [6, 6.07) is 15.2. The predicted molar refractivity (Wildman–Crippen MR) is 113 cm³/mol. The average molecular weight is 396 g/mol. The van der Waals surface area contributed by atoms with Crippen LogP contribution in [-0.4, -0.2) is 32.2 Å². The van der Waals surface area contributed by atoms with E-state index < -0.39 is 5.91 Å². The van der Waals surface area contributed by atoms with Gasteiger partial charge in [0, 0.05) is 18.1 Å². The Hall–Kier alpha value is -2.81. The molecule has 5 nitrogen and oxygen atoms in total. The Morgan fingerprint density at radius 1 is 1.25 bits per heavy atom. The Morgan fingerprint density at radius 3 is 2.61 bits per heavy atom. The minimum Gasteiger partial charge on any atom is -0.378 e. The lowest BCUT2D eigenvalue weighted by atomic mass is 10.1. The van der Waals surface area contributed by atoms with Crippen LogP contribution >= 0.6 is 11.6 Å². The van der Waals surface area contributed by atoms with E-state index in [1.54, 1.807) is 18.2 Å². The Bertz CT molecular complexity index is 910. The number of hydrogen-bond donors (Lipinski definition) is 1. The van der Waals surface area contributed by atoms with Gasteiger partial charge in [-0.2, -0.15) is 5.26 Å². The molecule has 28 heavy (non-hydrogen) atoms. The Morgan fingerprint density at radius 2 is 1.96 bits per heavy atom. The maximum Gasteiger partial charge on any atom is 0.266 e. The average Bonchev–Trinajstić information content (AvgIpc) is 2.73. The van der Waals surface area contributed by atoms with Gasteiger partial charge in [0.25, 0.3) is 5.91 Å². The summed E-state index contributed by atoms with van der Waals surface area (Å²) in [7, 11) is 0. The van der Waals surface area contributed by atoms with Gasteiger partial charge in [0.05, 0.1) is 24.6 Å². The van der Waals surface area contributed by atoms with E-state index in [0.29, 0.717) is 23.9 Å². The molecule has 0 bridgehead atoms. The molecule has 2 aromatic carbocycles. The first kappa shape index (κ1) is 19.9. The molecular formula is C22H22ClN3O2. The van der Waals surface area contributed by atoms with Crippen molar-refractivity contribution in [2.75, 3.05) is 36.5 Å². The number of ether oxygens (including phenoxy) is 1. The minimum atomic E-state index is -0.459. The molecule has 1 aliphatic heterocycles.